The highest BCUT2D eigenvalue weighted by Gasteiger charge is 2.18. The molecule has 0 spiro atoms. The highest BCUT2D eigenvalue weighted by molar-refractivity contribution is 8.00. The van der Waals surface area contributed by atoms with Gasteiger partial charge in [0.1, 0.15) is 0 Å². The lowest BCUT2D eigenvalue weighted by molar-refractivity contribution is -0.115. The quantitative estimate of drug-likeness (QED) is 0.561. The van der Waals surface area contributed by atoms with Crippen molar-refractivity contribution in [3.63, 3.8) is 0 Å². The van der Waals surface area contributed by atoms with E-state index in [-0.39, 0.29) is 11.2 Å². The number of pyridine rings is 1. The number of aromatic nitrogens is 3. The molecule has 120 valence electrons. The fourth-order valence-corrected chi connectivity index (χ4v) is 4.10. The van der Waals surface area contributed by atoms with Crippen molar-refractivity contribution in [2.45, 2.75) is 17.3 Å². The Morgan fingerprint density at radius 1 is 1.25 bits per heavy atom. The minimum Gasteiger partial charge on any atom is -0.301 e. The maximum Gasteiger partial charge on any atom is 0.239 e. The molecule has 1 atom stereocenters. The molecule has 0 fully saturated rings. The second-order valence-corrected chi connectivity index (χ2v) is 7.61. The maximum absolute atomic E-state index is 12.4. The molecule has 3 aromatic heterocycles. The Hall–Kier alpha value is -2.38. The molecule has 0 aliphatic heterocycles. The van der Waals surface area contributed by atoms with Gasteiger partial charge >= 0.3 is 0 Å². The second-order valence-electron chi connectivity index (χ2n) is 5.27. The number of amides is 1. The summed E-state index contributed by atoms with van der Waals surface area (Å²) in [5.41, 5.74) is 1.91. The smallest absolute Gasteiger partial charge is 0.239 e. The van der Waals surface area contributed by atoms with Crippen LogP contribution in [0.2, 0.25) is 0 Å². The molecule has 1 aromatic carbocycles. The Balaban J connectivity index is 1.49. The Morgan fingerprint density at radius 2 is 2.08 bits per heavy atom. The number of fused-ring (bicyclic) bond motifs is 2. The van der Waals surface area contributed by atoms with Gasteiger partial charge in [0, 0.05) is 6.20 Å². The molecule has 0 aliphatic rings. The lowest BCUT2D eigenvalue weighted by Crippen LogP contribution is -2.22. The predicted molar refractivity (Wildman–Crippen MR) is 98.8 cm³/mol. The van der Waals surface area contributed by atoms with Gasteiger partial charge in [-0.1, -0.05) is 41.3 Å². The van der Waals surface area contributed by atoms with Crippen LogP contribution in [0.1, 0.15) is 6.92 Å². The number of hydrogen-bond acceptors (Lipinski definition) is 5. The Kier molecular flexibility index (Phi) is 3.95. The van der Waals surface area contributed by atoms with Crippen LogP contribution in [-0.4, -0.2) is 25.5 Å². The predicted octanol–water partition coefficient (Wildman–Crippen LogP) is 4.06. The molecule has 0 bridgehead atoms. The van der Waals surface area contributed by atoms with E-state index in [0.29, 0.717) is 5.13 Å². The SMILES string of the molecule is CC(Sc1ncc2ccccn12)C(=O)Nc1nc2ccccc2s1. The Morgan fingerprint density at radius 3 is 2.96 bits per heavy atom. The van der Waals surface area contributed by atoms with Crippen molar-refractivity contribution < 1.29 is 4.79 Å². The number of hydrogen-bond donors (Lipinski definition) is 1. The number of para-hydroxylation sites is 1. The lowest BCUT2D eigenvalue weighted by Gasteiger charge is -2.09. The maximum atomic E-state index is 12.4. The van der Waals surface area contributed by atoms with E-state index in [0.717, 1.165) is 20.9 Å². The largest absolute Gasteiger partial charge is 0.301 e. The average molecular weight is 354 g/mol. The summed E-state index contributed by atoms with van der Waals surface area (Å²) in [6, 6.07) is 13.7. The van der Waals surface area contributed by atoms with Crippen LogP contribution >= 0.6 is 23.1 Å². The molecule has 7 heteroatoms. The van der Waals surface area contributed by atoms with Gasteiger partial charge in [0.05, 0.1) is 27.2 Å². The molecule has 4 rings (SSSR count). The van der Waals surface area contributed by atoms with Crippen molar-refractivity contribution in [1.82, 2.24) is 14.4 Å². The standard InChI is InChI=1S/C17H14N4OS2/c1-11(23-17-18-10-12-6-4-5-9-21(12)17)15(22)20-16-19-13-7-2-3-8-14(13)24-16/h2-11H,1H3,(H,19,20,22). The Bertz CT molecular complexity index is 990. The van der Waals surface area contributed by atoms with Crippen molar-refractivity contribution in [2.24, 2.45) is 0 Å². The van der Waals surface area contributed by atoms with Gasteiger partial charge in [-0.25, -0.2) is 9.97 Å². The molecule has 0 radical (unpaired) electrons. The van der Waals surface area contributed by atoms with Gasteiger partial charge in [-0.2, -0.15) is 0 Å². The number of nitrogens with zero attached hydrogens (tertiary/aromatic N) is 3. The summed E-state index contributed by atoms with van der Waals surface area (Å²) < 4.78 is 3.04. The zero-order valence-electron chi connectivity index (χ0n) is 12.8. The third kappa shape index (κ3) is 2.88. The van der Waals surface area contributed by atoms with Crippen molar-refractivity contribution in [3.8, 4) is 0 Å². The molecule has 5 nitrogen and oxygen atoms in total. The van der Waals surface area contributed by atoms with E-state index >= 15 is 0 Å². The Labute approximate surface area is 146 Å². The molecule has 3 heterocycles. The summed E-state index contributed by atoms with van der Waals surface area (Å²) in [5.74, 6) is -0.0771. The van der Waals surface area contributed by atoms with E-state index < -0.39 is 0 Å². The third-order valence-electron chi connectivity index (χ3n) is 3.58. The monoisotopic (exact) mass is 354 g/mol. The molecular formula is C17H14N4OS2. The minimum absolute atomic E-state index is 0.0771. The summed E-state index contributed by atoms with van der Waals surface area (Å²) in [6.07, 6.45) is 3.75. The van der Waals surface area contributed by atoms with Crippen LogP contribution in [0.3, 0.4) is 0 Å². The second kappa shape index (κ2) is 6.26. The number of carbonyl (C=O) groups is 1. The van der Waals surface area contributed by atoms with E-state index in [2.05, 4.69) is 15.3 Å². The van der Waals surface area contributed by atoms with E-state index in [4.69, 9.17) is 0 Å². The van der Waals surface area contributed by atoms with E-state index in [1.165, 1.54) is 23.1 Å². The topological polar surface area (TPSA) is 59.3 Å². The fourth-order valence-electron chi connectivity index (χ4n) is 2.35. The van der Waals surface area contributed by atoms with Gasteiger partial charge < -0.3 is 5.32 Å². The van der Waals surface area contributed by atoms with Crippen LogP contribution in [0.4, 0.5) is 5.13 Å². The third-order valence-corrected chi connectivity index (χ3v) is 5.61. The van der Waals surface area contributed by atoms with Gasteiger partial charge in [0.2, 0.25) is 5.91 Å². The van der Waals surface area contributed by atoms with Gasteiger partial charge in [-0.15, -0.1) is 0 Å². The molecule has 1 unspecified atom stereocenters. The normalized spacial score (nSPS) is 12.5. The number of benzene rings is 1. The molecule has 4 aromatic rings. The van der Waals surface area contributed by atoms with Crippen molar-refractivity contribution in [3.05, 3.63) is 54.9 Å². The highest BCUT2D eigenvalue weighted by atomic mass is 32.2. The number of anilines is 1. The summed E-state index contributed by atoms with van der Waals surface area (Å²) in [5, 5.41) is 4.06. The van der Waals surface area contributed by atoms with Crippen LogP contribution in [-0.2, 0) is 4.79 Å². The number of rotatable bonds is 4. The van der Waals surface area contributed by atoms with Crippen molar-refractivity contribution in [2.75, 3.05) is 5.32 Å². The average Bonchev–Trinajstić information content (AvgIpc) is 3.18. The van der Waals surface area contributed by atoms with Crippen molar-refractivity contribution >= 4 is 49.9 Å². The number of carbonyl (C=O) groups excluding carboxylic acids is 1. The molecular weight excluding hydrogens is 340 g/mol. The molecule has 24 heavy (non-hydrogen) atoms. The van der Waals surface area contributed by atoms with Gasteiger partial charge in [0.15, 0.2) is 10.3 Å². The van der Waals surface area contributed by atoms with Gasteiger partial charge in [0.25, 0.3) is 0 Å². The van der Waals surface area contributed by atoms with Crippen LogP contribution in [0.15, 0.2) is 60.0 Å². The molecule has 1 amide bonds. The number of thioether (sulfide) groups is 1. The lowest BCUT2D eigenvalue weighted by atomic mass is 10.3. The van der Waals surface area contributed by atoms with Gasteiger partial charge in [-0.3, -0.25) is 9.20 Å². The number of imidazole rings is 1. The van der Waals surface area contributed by atoms with E-state index in [1.807, 2.05) is 60.0 Å². The highest BCUT2D eigenvalue weighted by Crippen LogP contribution is 2.27. The van der Waals surface area contributed by atoms with Gasteiger partial charge in [-0.05, 0) is 31.2 Å². The molecule has 0 saturated carbocycles. The first-order chi connectivity index (χ1) is 11.7. The minimum atomic E-state index is -0.275. The van der Waals surface area contributed by atoms with Crippen LogP contribution in [0, 0.1) is 0 Å². The molecule has 0 saturated heterocycles. The van der Waals surface area contributed by atoms with E-state index in [9.17, 15) is 4.79 Å². The summed E-state index contributed by atoms with van der Waals surface area (Å²) in [4.78, 5) is 21.3. The summed E-state index contributed by atoms with van der Waals surface area (Å²) in [7, 11) is 0. The first kappa shape index (κ1) is 15.2. The summed E-state index contributed by atoms with van der Waals surface area (Å²) >= 11 is 2.91. The first-order valence-electron chi connectivity index (χ1n) is 7.46. The first-order valence-corrected chi connectivity index (χ1v) is 9.15. The van der Waals surface area contributed by atoms with Crippen LogP contribution < -0.4 is 5.32 Å². The van der Waals surface area contributed by atoms with Crippen LogP contribution in [0.5, 0.6) is 0 Å². The zero-order valence-corrected chi connectivity index (χ0v) is 14.5. The summed E-state index contributed by atoms with van der Waals surface area (Å²) in [6.45, 7) is 1.87. The van der Waals surface area contributed by atoms with Crippen LogP contribution in [0.25, 0.3) is 15.7 Å². The fraction of sp³-hybridized carbons (Fsp3) is 0.118. The van der Waals surface area contributed by atoms with Crippen molar-refractivity contribution in [1.29, 1.82) is 0 Å². The zero-order chi connectivity index (χ0) is 16.5. The molecule has 1 N–H and O–H groups in total. The number of nitrogens with one attached hydrogen (secondary N) is 1. The molecule has 0 aliphatic carbocycles. The van der Waals surface area contributed by atoms with E-state index in [1.54, 1.807) is 6.20 Å². The number of thiazole rings is 1.